The molecule has 21 heavy (non-hydrogen) atoms. The zero-order chi connectivity index (χ0) is 14.7. The van der Waals surface area contributed by atoms with Crippen LogP contribution in [-0.4, -0.2) is 11.1 Å². The average molecular weight is 292 g/mol. The summed E-state index contributed by atoms with van der Waals surface area (Å²) in [5, 5.41) is 8.71. The molecule has 0 aromatic rings. The Kier molecular flexibility index (Phi) is 5.24. The summed E-state index contributed by atoms with van der Waals surface area (Å²) in [5.41, 5.74) is 0. The molecular weight excluding hydrogens is 260 g/mol. The highest BCUT2D eigenvalue weighted by Crippen LogP contribution is 2.51. The Hall–Kier alpha value is -0.530. The second-order valence-electron chi connectivity index (χ2n) is 8.11. The number of hydrogen-bond donors (Lipinski definition) is 1. The van der Waals surface area contributed by atoms with Gasteiger partial charge in [0.25, 0.3) is 0 Å². The number of hydrogen-bond acceptors (Lipinski definition) is 1. The van der Waals surface area contributed by atoms with Gasteiger partial charge in [-0.3, -0.25) is 4.79 Å². The normalized spacial score (nSPS) is 39.3. The molecule has 0 heterocycles. The van der Waals surface area contributed by atoms with Crippen LogP contribution < -0.4 is 0 Å². The van der Waals surface area contributed by atoms with Crippen molar-refractivity contribution in [2.75, 3.05) is 0 Å². The third kappa shape index (κ3) is 4.02. The van der Waals surface area contributed by atoms with Gasteiger partial charge in [0.2, 0.25) is 0 Å². The van der Waals surface area contributed by atoms with E-state index >= 15 is 0 Å². The molecule has 0 aromatic heterocycles. The molecular formula is C19H32O2. The van der Waals surface area contributed by atoms with Crippen molar-refractivity contribution in [3.63, 3.8) is 0 Å². The third-order valence-corrected chi connectivity index (χ3v) is 6.78. The Balaban J connectivity index is 1.43. The molecule has 3 aliphatic carbocycles. The first-order valence-corrected chi connectivity index (χ1v) is 9.44. The fourth-order valence-corrected chi connectivity index (χ4v) is 5.68. The smallest absolute Gasteiger partial charge is 0.303 e. The molecule has 3 aliphatic rings. The van der Waals surface area contributed by atoms with Gasteiger partial charge in [-0.15, -0.1) is 0 Å². The first-order valence-electron chi connectivity index (χ1n) is 9.44. The third-order valence-electron chi connectivity index (χ3n) is 6.78. The largest absolute Gasteiger partial charge is 0.481 e. The molecule has 0 spiro atoms. The van der Waals surface area contributed by atoms with Gasteiger partial charge in [-0.05, 0) is 61.7 Å². The molecule has 0 radical (unpaired) electrons. The van der Waals surface area contributed by atoms with Crippen LogP contribution in [0.1, 0.15) is 83.5 Å². The van der Waals surface area contributed by atoms with Crippen molar-refractivity contribution in [3.05, 3.63) is 0 Å². The van der Waals surface area contributed by atoms with Crippen molar-refractivity contribution < 1.29 is 9.90 Å². The molecule has 1 N–H and O–H groups in total. The molecule has 0 aliphatic heterocycles. The minimum Gasteiger partial charge on any atom is -0.481 e. The molecule has 0 saturated heterocycles. The van der Waals surface area contributed by atoms with Gasteiger partial charge in [0, 0.05) is 6.42 Å². The van der Waals surface area contributed by atoms with Gasteiger partial charge in [0.1, 0.15) is 0 Å². The molecule has 2 heteroatoms. The van der Waals surface area contributed by atoms with E-state index in [2.05, 4.69) is 0 Å². The maximum Gasteiger partial charge on any atom is 0.303 e. The predicted octanol–water partition coefficient (Wildman–Crippen LogP) is 5.26. The SMILES string of the molecule is O=C(O)CCCCC1CCC2CC3CCCCC3CC2C1. The molecule has 120 valence electrons. The zero-order valence-electron chi connectivity index (χ0n) is 13.4. The van der Waals surface area contributed by atoms with E-state index < -0.39 is 5.97 Å². The van der Waals surface area contributed by atoms with Crippen molar-refractivity contribution in [2.45, 2.75) is 83.5 Å². The van der Waals surface area contributed by atoms with Crippen LogP contribution in [-0.2, 0) is 4.79 Å². The van der Waals surface area contributed by atoms with E-state index in [0.29, 0.717) is 6.42 Å². The Labute approximate surface area is 129 Å². The van der Waals surface area contributed by atoms with E-state index in [4.69, 9.17) is 5.11 Å². The standard InChI is InChI=1S/C19H32O2/c20-19(21)8-4-1-5-14-9-10-17-12-15-6-2-3-7-16(15)13-18(17)11-14/h14-18H,1-13H2,(H,20,21). The molecule has 5 atom stereocenters. The van der Waals surface area contributed by atoms with Crippen molar-refractivity contribution in [1.29, 1.82) is 0 Å². The predicted molar refractivity (Wildman–Crippen MR) is 85.1 cm³/mol. The van der Waals surface area contributed by atoms with Crippen LogP contribution in [0.3, 0.4) is 0 Å². The van der Waals surface area contributed by atoms with Crippen LogP contribution in [0, 0.1) is 29.6 Å². The molecule has 3 saturated carbocycles. The summed E-state index contributed by atoms with van der Waals surface area (Å²) >= 11 is 0. The summed E-state index contributed by atoms with van der Waals surface area (Å²) in [5.74, 6) is 4.47. The molecule has 0 aromatic carbocycles. The van der Waals surface area contributed by atoms with Gasteiger partial charge >= 0.3 is 5.97 Å². The van der Waals surface area contributed by atoms with Gasteiger partial charge in [-0.1, -0.05) is 44.9 Å². The molecule has 0 bridgehead atoms. The van der Waals surface area contributed by atoms with Gasteiger partial charge in [0.15, 0.2) is 0 Å². The lowest BCUT2D eigenvalue weighted by Gasteiger charge is -2.47. The van der Waals surface area contributed by atoms with E-state index in [0.717, 1.165) is 42.4 Å². The fraction of sp³-hybridized carbons (Fsp3) is 0.947. The molecule has 3 rings (SSSR count). The highest BCUT2D eigenvalue weighted by molar-refractivity contribution is 5.66. The summed E-state index contributed by atoms with van der Waals surface area (Å²) < 4.78 is 0. The van der Waals surface area contributed by atoms with Crippen LogP contribution in [0.15, 0.2) is 0 Å². The topological polar surface area (TPSA) is 37.3 Å². The number of fused-ring (bicyclic) bond motifs is 2. The van der Waals surface area contributed by atoms with Crippen molar-refractivity contribution in [2.24, 2.45) is 29.6 Å². The van der Waals surface area contributed by atoms with Crippen LogP contribution in [0.5, 0.6) is 0 Å². The maximum absolute atomic E-state index is 10.6. The molecule has 3 fully saturated rings. The van der Waals surface area contributed by atoms with E-state index in [9.17, 15) is 4.79 Å². The van der Waals surface area contributed by atoms with E-state index in [1.807, 2.05) is 0 Å². The lowest BCUT2D eigenvalue weighted by Crippen LogP contribution is -2.37. The van der Waals surface area contributed by atoms with Gasteiger partial charge in [0.05, 0.1) is 0 Å². The van der Waals surface area contributed by atoms with Crippen molar-refractivity contribution in [3.8, 4) is 0 Å². The van der Waals surface area contributed by atoms with E-state index in [-0.39, 0.29) is 0 Å². The Morgan fingerprint density at radius 2 is 1.48 bits per heavy atom. The highest BCUT2D eigenvalue weighted by Gasteiger charge is 2.40. The Bertz CT molecular complexity index is 351. The average Bonchev–Trinajstić information content (AvgIpc) is 2.49. The summed E-state index contributed by atoms with van der Waals surface area (Å²) in [7, 11) is 0. The molecule has 5 unspecified atom stereocenters. The lowest BCUT2D eigenvalue weighted by atomic mass is 9.58. The molecule has 2 nitrogen and oxygen atoms in total. The minimum absolute atomic E-state index is 0.364. The number of carbonyl (C=O) groups is 1. The summed E-state index contributed by atoms with van der Waals surface area (Å²) in [6.07, 6.45) is 17.1. The zero-order valence-corrected chi connectivity index (χ0v) is 13.4. The Morgan fingerprint density at radius 1 is 0.810 bits per heavy atom. The number of aliphatic carboxylic acids is 1. The lowest BCUT2D eigenvalue weighted by molar-refractivity contribution is -0.137. The number of unbranched alkanes of at least 4 members (excludes halogenated alkanes) is 1. The van der Waals surface area contributed by atoms with Gasteiger partial charge in [-0.25, -0.2) is 0 Å². The monoisotopic (exact) mass is 292 g/mol. The highest BCUT2D eigenvalue weighted by atomic mass is 16.4. The second-order valence-corrected chi connectivity index (χ2v) is 8.11. The number of carboxylic acid groups (broad SMARTS) is 1. The minimum atomic E-state index is -0.630. The van der Waals surface area contributed by atoms with Crippen molar-refractivity contribution >= 4 is 5.97 Å². The quantitative estimate of drug-likeness (QED) is 0.701. The first-order chi connectivity index (χ1) is 10.2. The maximum atomic E-state index is 10.6. The summed E-state index contributed by atoms with van der Waals surface area (Å²) in [4.78, 5) is 10.6. The van der Waals surface area contributed by atoms with Crippen LogP contribution in [0.25, 0.3) is 0 Å². The van der Waals surface area contributed by atoms with Crippen molar-refractivity contribution in [1.82, 2.24) is 0 Å². The van der Waals surface area contributed by atoms with E-state index in [1.54, 1.807) is 6.42 Å². The van der Waals surface area contributed by atoms with Crippen LogP contribution in [0.2, 0.25) is 0 Å². The second kappa shape index (κ2) is 7.15. The van der Waals surface area contributed by atoms with Gasteiger partial charge in [-0.2, -0.15) is 0 Å². The molecule has 0 amide bonds. The fourth-order valence-electron chi connectivity index (χ4n) is 5.68. The summed E-state index contributed by atoms with van der Waals surface area (Å²) in [6, 6.07) is 0. The van der Waals surface area contributed by atoms with Crippen LogP contribution in [0.4, 0.5) is 0 Å². The number of rotatable bonds is 5. The summed E-state index contributed by atoms with van der Waals surface area (Å²) in [6.45, 7) is 0. The first kappa shape index (κ1) is 15.4. The van der Waals surface area contributed by atoms with E-state index in [1.165, 1.54) is 57.8 Å². The van der Waals surface area contributed by atoms with Crippen LogP contribution >= 0.6 is 0 Å². The number of carboxylic acids is 1. The Morgan fingerprint density at radius 3 is 2.19 bits per heavy atom. The van der Waals surface area contributed by atoms with Gasteiger partial charge < -0.3 is 5.11 Å².